The van der Waals surface area contributed by atoms with Crippen molar-refractivity contribution >= 4 is 204 Å². The molecule has 696 valence electrons. The SMILES string of the molecule is Brc1ccc2c3ccc4ccccc4c3n(-c3ccccc3)c2c1.CC1(C)OB(c2ccc3c4ccc5ccccc5c4n(-c4ccccc4)c3c2)OC1(C)C.O=[N+]([O-])c1ccccc1Br.c1ccc(-n2c3c4c(ccc3c3ccc5ccccc5c32)-c2ccccc2C4)cc1.c1ccc(-n2c3c4c(ccc3c3ccc5ccccc5c32)-c2ccccc2C4)cc1.c1ccc(P(c2ccccc2)c2ccccc2)cc1. The minimum Gasteiger partial charge on any atom is -0.399 e. The molecule has 0 N–H and O–H groups in total. The number of benzene rings is 22. The molecule has 0 amide bonds. The summed E-state index contributed by atoms with van der Waals surface area (Å²) in [6.07, 6.45) is 1.98. The highest BCUT2D eigenvalue weighted by Gasteiger charge is 2.52. The van der Waals surface area contributed by atoms with Crippen LogP contribution in [-0.4, -0.2) is 41.5 Å². The Kier molecular flexibility index (Phi) is 24.3. The van der Waals surface area contributed by atoms with Gasteiger partial charge in [0.1, 0.15) is 0 Å². The molecule has 145 heavy (non-hydrogen) atoms. The fourth-order valence-electron chi connectivity index (χ4n) is 21.8. The summed E-state index contributed by atoms with van der Waals surface area (Å²) in [7, 11) is -0.832. The number of halogens is 2. The minimum absolute atomic E-state index is 0.0995. The maximum absolute atomic E-state index is 10.2. The maximum Gasteiger partial charge on any atom is 0.494 e. The van der Waals surface area contributed by atoms with Gasteiger partial charge in [-0.05, 0) is 212 Å². The molecule has 29 rings (SSSR count). The molecule has 13 heteroatoms. The lowest BCUT2D eigenvalue weighted by Gasteiger charge is -2.32. The number of hydrogen-bond donors (Lipinski definition) is 0. The van der Waals surface area contributed by atoms with Crippen molar-refractivity contribution in [3.63, 3.8) is 0 Å². The van der Waals surface area contributed by atoms with Crippen LogP contribution in [0.3, 0.4) is 0 Å². The molecule has 1 fully saturated rings. The van der Waals surface area contributed by atoms with Gasteiger partial charge in [0.05, 0.1) is 64.7 Å². The molecule has 1 saturated heterocycles. The van der Waals surface area contributed by atoms with Gasteiger partial charge in [-0.25, -0.2) is 0 Å². The first kappa shape index (κ1) is 91.3. The largest absolute Gasteiger partial charge is 0.494 e. The van der Waals surface area contributed by atoms with E-state index in [1.807, 2.05) is 0 Å². The van der Waals surface area contributed by atoms with Crippen molar-refractivity contribution in [1.82, 2.24) is 18.3 Å². The van der Waals surface area contributed by atoms with Crippen molar-refractivity contribution in [2.45, 2.75) is 51.7 Å². The zero-order valence-corrected chi connectivity index (χ0v) is 84.4. The van der Waals surface area contributed by atoms with Crippen LogP contribution in [0.2, 0.25) is 0 Å². The third-order valence-corrected chi connectivity index (χ3v) is 32.8. The van der Waals surface area contributed by atoms with Crippen molar-refractivity contribution in [3.05, 3.63) is 533 Å². The quantitative estimate of drug-likeness (QED) is 0.0624. The summed E-state index contributed by atoms with van der Waals surface area (Å²) in [5.41, 5.74) is 26.6. The molecule has 0 bridgehead atoms. The summed E-state index contributed by atoms with van der Waals surface area (Å²) >= 11 is 6.69. The van der Waals surface area contributed by atoms with Crippen LogP contribution < -0.4 is 21.4 Å². The number of fused-ring (bicyclic) bond motifs is 28. The van der Waals surface area contributed by atoms with Crippen LogP contribution in [0.25, 0.3) is 175 Å². The summed E-state index contributed by atoms with van der Waals surface area (Å²) in [4.78, 5) is 9.77. The Hall–Kier alpha value is -16.1. The zero-order valence-electron chi connectivity index (χ0n) is 80.3. The first-order valence-electron chi connectivity index (χ1n) is 49.3. The molecule has 0 unspecified atom stereocenters. The second-order valence-corrected chi connectivity index (χ2v) is 42.1. The second-order valence-electron chi connectivity index (χ2n) is 38.1. The van der Waals surface area contributed by atoms with Crippen molar-refractivity contribution in [2.75, 3.05) is 0 Å². The van der Waals surface area contributed by atoms with Gasteiger partial charge in [0.15, 0.2) is 0 Å². The van der Waals surface area contributed by atoms with E-state index in [4.69, 9.17) is 9.31 Å². The predicted molar refractivity (Wildman–Crippen MR) is 619 cm³/mol. The Labute approximate surface area is 859 Å². The summed E-state index contributed by atoms with van der Waals surface area (Å²) in [6.45, 7) is 8.38. The van der Waals surface area contributed by atoms with Crippen LogP contribution in [0.15, 0.2) is 500 Å². The summed E-state index contributed by atoms with van der Waals surface area (Å²) in [5, 5.41) is 35.0. The fraction of sp³-hybridized carbons (Fsp3) is 0.0606. The molecule has 5 heterocycles. The van der Waals surface area contributed by atoms with Crippen LogP contribution >= 0.6 is 39.8 Å². The monoisotopic (exact) mass is 2020 g/mol. The topological polar surface area (TPSA) is 81.3 Å². The average Bonchev–Trinajstić information content (AvgIpc) is 1.53. The van der Waals surface area contributed by atoms with Gasteiger partial charge >= 0.3 is 7.12 Å². The summed E-state index contributed by atoms with van der Waals surface area (Å²) in [6, 6.07) is 174. The zero-order chi connectivity index (χ0) is 98.0. The maximum atomic E-state index is 10.2. The normalized spacial score (nSPS) is 13.0. The van der Waals surface area contributed by atoms with E-state index in [1.165, 1.54) is 208 Å². The Morgan fingerprint density at radius 1 is 0.276 bits per heavy atom. The number of rotatable bonds is 9. The lowest BCUT2D eigenvalue weighted by molar-refractivity contribution is -0.385. The van der Waals surface area contributed by atoms with Gasteiger partial charge < -0.3 is 27.6 Å². The molecule has 4 aromatic heterocycles. The number of aromatic nitrogens is 4. The van der Waals surface area contributed by atoms with Crippen molar-refractivity contribution in [2.24, 2.45) is 0 Å². The van der Waals surface area contributed by atoms with Crippen LogP contribution in [-0.2, 0) is 22.2 Å². The first-order valence-corrected chi connectivity index (χ1v) is 52.2. The third-order valence-electron chi connectivity index (χ3n) is 29.2. The minimum atomic E-state index is -0.446. The smallest absolute Gasteiger partial charge is 0.399 e. The lowest BCUT2D eigenvalue weighted by atomic mass is 9.79. The molecule has 22 aromatic carbocycles. The molecule has 0 saturated carbocycles. The van der Waals surface area contributed by atoms with Crippen LogP contribution in [0.1, 0.15) is 49.9 Å². The molecule has 3 aliphatic rings. The highest BCUT2D eigenvalue weighted by atomic mass is 79.9. The Morgan fingerprint density at radius 2 is 0.566 bits per heavy atom. The lowest BCUT2D eigenvalue weighted by Crippen LogP contribution is -2.41. The number of hydrogen-bond acceptors (Lipinski definition) is 4. The van der Waals surface area contributed by atoms with Crippen molar-refractivity contribution < 1.29 is 14.2 Å². The molecule has 0 atom stereocenters. The molecule has 0 radical (unpaired) electrons. The van der Waals surface area contributed by atoms with Gasteiger partial charge in [-0.1, -0.05) is 428 Å². The van der Waals surface area contributed by atoms with E-state index < -0.39 is 12.8 Å². The van der Waals surface area contributed by atoms with E-state index in [1.54, 1.807) is 18.2 Å². The van der Waals surface area contributed by atoms with E-state index in [9.17, 15) is 10.1 Å². The average molecular weight is 2020 g/mol. The van der Waals surface area contributed by atoms with Crippen molar-refractivity contribution in [3.8, 4) is 45.0 Å². The van der Waals surface area contributed by atoms with Gasteiger partial charge in [-0.15, -0.1) is 0 Å². The standard InChI is InChI=1S/2C29H19N.C28H26BNO2.C22H14BrN.C18H15P.C6H4BrNO2/c2*1-2-10-21(11-3-1)30-28-23-13-7-4-8-19(23)14-15-25(28)26-17-16-24-22-12-6-5-9-20(22)18-27(24)29(26)30;1-27(2)28(3,4)32-29(31-27)20-15-17-23-24-16-14-19-10-8-9-13-22(19)26(24)30(25(23)18-20)21-11-6-5-7-12-21;23-16-11-13-19-20-12-10-15-6-4-5-9-18(15)22(20)24(21(19)14-16)17-7-2-1-3-8-17;1-4-10-16(11-5-1)19(17-12-6-2-7-13-17)18-14-8-3-9-15-18;7-5-3-1-2-4-6(5)8(9)10/h2*1-17H,18H2;5-18H,1-4H3;1-14H;1-15H;1-4H. The molecule has 0 spiro atoms. The summed E-state index contributed by atoms with van der Waals surface area (Å²) in [5.74, 6) is 0. The van der Waals surface area contributed by atoms with Gasteiger partial charge in [0.25, 0.3) is 5.69 Å². The molecular formula is C132H97BBr2N5O4P. The van der Waals surface area contributed by atoms with Gasteiger partial charge in [0.2, 0.25) is 0 Å². The van der Waals surface area contributed by atoms with Crippen LogP contribution in [0, 0.1) is 10.1 Å². The van der Waals surface area contributed by atoms with Gasteiger partial charge in [-0.3, -0.25) is 10.1 Å². The molecule has 2 aliphatic carbocycles. The number of nitro benzene ring substituents is 1. The molecular weight excluding hydrogens is 1920 g/mol. The Balaban J connectivity index is 0.0000000958. The second kappa shape index (κ2) is 38.6. The van der Waals surface area contributed by atoms with E-state index in [2.05, 4.69) is 545 Å². The van der Waals surface area contributed by atoms with E-state index in [0.717, 1.165) is 34.0 Å². The van der Waals surface area contributed by atoms with Gasteiger partial charge in [-0.2, -0.15) is 0 Å². The first-order chi connectivity index (χ1) is 71.1. The Morgan fingerprint density at radius 3 is 0.938 bits per heavy atom. The third kappa shape index (κ3) is 16.7. The number of nitrogens with zero attached hydrogens (tertiary/aromatic N) is 5. The fourth-order valence-corrected chi connectivity index (χ4v) is 24.9. The molecule has 1 aliphatic heterocycles. The highest BCUT2D eigenvalue weighted by molar-refractivity contribution is 9.10. The van der Waals surface area contributed by atoms with Crippen LogP contribution in [0.4, 0.5) is 5.69 Å². The summed E-state index contributed by atoms with van der Waals surface area (Å²) < 4.78 is 24.1. The number of para-hydroxylation sites is 5. The predicted octanol–water partition coefficient (Wildman–Crippen LogP) is 33.8. The highest BCUT2D eigenvalue weighted by Crippen LogP contribution is 2.50. The molecule has 26 aromatic rings. The Bertz CT molecular complexity index is 9110. The van der Waals surface area contributed by atoms with E-state index in [-0.39, 0.29) is 24.0 Å². The molecule has 9 nitrogen and oxygen atoms in total. The van der Waals surface area contributed by atoms with Gasteiger partial charge in [0, 0.05) is 111 Å². The van der Waals surface area contributed by atoms with E-state index in [0.29, 0.717) is 4.47 Å². The van der Waals surface area contributed by atoms with Crippen LogP contribution in [0.5, 0.6) is 0 Å². The van der Waals surface area contributed by atoms with E-state index >= 15 is 0 Å². The number of nitro groups is 1. The van der Waals surface area contributed by atoms with Crippen molar-refractivity contribution in [1.29, 1.82) is 0 Å².